The van der Waals surface area contributed by atoms with E-state index >= 15 is 0 Å². The molecule has 1 aliphatic rings. The lowest BCUT2D eigenvalue weighted by Gasteiger charge is -2.27. The summed E-state index contributed by atoms with van der Waals surface area (Å²) >= 11 is 0. The molecule has 2 nitrogen and oxygen atoms in total. The van der Waals surface area contributed by atoms with Gasteiger partial charge in [-0.1, -0.05) is 0 Å². The van der Waals surface area contributed by atoms with Crippen LogP contribution in [-0.4, -0.2) is 25.9 Å². The molecule has 1 rings (SSSR count). The molecule has 2 atom stereocenters. The van der Waals surface area contributed by atoms with Gasteiger partial charge in [0.05, 0.1) is 12.2 Å². The van der Waals surface area contributed by atoms with Crippen LogP contribution in [0.2, 0.25) is 0 Å². The van der Waals surface area contributed by atoms with Gasteiger partial charge in [-0.25, -0.2) is 0 Å². The average Bonchev–Trinajstić information content (AvgIpc) is 1.89. The Labute approximate surface area is 56.2 Å². The first-order valence-electron chi connectivity index (χ1n) is 3.49. The maximum Gasteiger partial charge on any atom is 0.0831 e. The summed E-state index contributed by atoms with van der Waals surface area (Å²) in [6, 6.07) is 0. The Balaban J connectivity index is 2.30. The molecule has 54 valence electrons. The molecule has 0 spiro atoms. The fourth-order valence-corrected chi connectivity index (χ4v) is 1.21. The van der Waals surface area contributed by atoms with E-state index in [1.54, 1.807) is 7.11 Å². The van der Waals surface area contributed by atoms with Gasteiger partial charge in [-0.2, -0.15) is 0 Å². The van der Waals surface area contributed by atoms with Crippen molar-refractivity contribution in [1.29, 1.82) is 0 Å². The maximum atomic E-state index is 5.36. The molecule has 9 heavy (non-hydrogen) atoms. The number of hydrogen-bond acceptors (Lipinski definition) is 2. The van der Waals surface area contributed by atoms with Crippen LogP contribution >= 0.6 is 0 Å². The molecule has 0 aliphatic carbocycles. The zero-order valence-corrected chi connectivity index (χ0v) is 6.09. The van der Waals surface area contributed by atoms with E-state index in [0.29, 0.717) is 12.2 Å². The van der Waals surface area contributed by atoms with E-state index in [1.165, 1.54) is 0 Å². The second-order valence-electron chi connectivity index (χ2n) is 2.49. The smallest absolute Gasteiger partial charge is 0.0831 e. The molecule has 0 aromatic rings. The number of rotatable bonds is 1. The normalized spacial score (nSPS) is 36.7. The molecule has 0 saturated carbocycles. The van der Waals surface area contributed by atoms with Crippen molar-refractivity contribution in [3.8, 4) is 0 Å². The summed E-state index contributed by atoms with van der Waals surface area (Å²) in [6.45, 7) is 2.97. The van der Waals surface area contributed by atoms with Gasteiger partial charge in [0.15, 0.2) is 0 Å². The molecule has 0 aromatic heterocycles. The van der Waals surface area contributed by atoms with Crippen LogP contribution in [0, 0.1) is 0 Å². The fourth-order valence-electron chi connectivity index (χ4n) is 1.21. The van der Waals surface area contributed by atoms with Gasteiger partial charge in [0.2, 0.25) is 0 Å². The summed E-state index contributed by atoms with van der Waals surface area (Å²) in [4.78, 5) is 0. The van der Waals surface area contributed by atoms with Crippen LogP contribution in [0.4, 0.5) is 0 Å². The molecular weight excluding hydrogens is 116 g/mol. The van der Waals surface area contributed by atoms with Crippen molar-refractivity contribution in [2.45, 2.75) is 32.0 Å². The van der Waals surface area contributed by atoms with Gasteiger partial charge in [0.1, 0.15) is 0 Å². The molecule has 1 heterocycles. The van der Waals surface area contributed by atoms with Crippen LogP contribution in [0.25, 0.3) is 0 Å². The summed E-state index contributed by atoms with van der Waals surface area (Å²) in [5, 5.41) is 0. The zero-order valence-electron chi connectivity index (χ0n) is 6.09. The molecule has 2 heteroatoms. The first kappa shape index (κ1) is 7.03. The van der Waals surface area contributed by atoms with Crippen molar-refractivity contribution < 1.29 is 9.47 Å². The van der Waals surface area contributed by atoms with Gasteiger partial charge in [-0.05, 0) is 19.8 Å². The van der Waals surface area contributed by atoms with Gasteiger partial charge >= 0.3 is 0 Å². The molecule has 1 aliphatic heterocycles. The van der Waals surface area contributed by atoms with E-state index in [-0.39, 0.29) is 0 Å². The average molecular weight is 130 g/mol. The quantitative estimate of drug-likeness (QED) is 0.531. The van der Waals surface area contributed by atoms with Gasteiger partial charge in [0, 0.05) is 13.7 Å². The lowest BCUT2D eigenvalue weighted by molar-refractivity contribution is -0.0812. The molecular formula is C7H14O2. The number of hydrogen-bond donors (Lipinski definition) is 0. The SMILES string of the molecule is COC1CCCOC1C. The summed E-state index contributed by atoms with van der Waals surface area (Å²) in [5.74, 6) is 0. The Morgan fingerprint density at radius 2 is 2.33 bits per heavy atom. The lowest BCUT2D eigenvalue weighted by Crippen LogP contribution is -2.32. The van der Waals surface area contributed by atoms with Crippen LogP contribution in [0.5, 0.6) is 0 Å². The standard InChI is InChI=1S/C7H14O2/c1-6-7(8-2)4-3-5-9-6/h6-7H,3-5H2,1-2H3. The van der Waals surface area contributed by atoms with E-state index in [2.05, 4.69) is 6.92 Å². The first-order valence-corrected chi connectivity index (χ1v) is 3.49. The van der Waals surface area contributed by atoms with Crippen LogP contribution < -0.4 is 0 Å². The summed E-state index contributed by atoms with van der Waals surface area (Å²) < 4.78 is 10.5. The monoisotopic (exact) mass is 130 g/mol. The number of methoxy groups -OCH3 is 1. The lowest BCUT2D eigenvalue weighted by atomic mass is 10.1. The van der Waals surface area contributed by atoms with Crippen molar-refractivity contribution in [2.24, 2.45) is 0 Å². The van der Waals surface area contributed by atoms with E-state index in [4.69, 9.17) is 9.47 Å². The van der Waals surface area contributed by atoms with Gasteiger partial charge in [0.25, 0.3) is 0 Å². The van der Waals surface area contributed by atoms with Crippen LogP contribution in [0.15, 0.2) is 0 Å². The summed E-state index contributed by atoms with van der Waals surface area (Å²) in [5.41, 5.74) is 0. The van der Waals surface area contributed by atoms with Gasteiger partial charge < -0.3 is 9.47 Å². The Bertz CT molecular complexity index is 83.0. The molecule has 1 fully saturated rings. The van der Waals surface area contributed by atoms with Crippen molar-refractivity contribution in [3.05, 3.63) is 0 Å². The van der Waals surface area contributed by atoms with Crippen molar-refractivity contribution in [3.63, 3.8) is 0 Å². The first-order chi connectivity index (χ1) is 4.34. The summed E-state index contributed by atoms with van der Waals surface area (Å²) in [7, 11) is 1.75. The Hall–Kier alpha value is -0.0800. The fraction of sp³-hybridized carbons (Fsp3) is 1.00. The van der Waals surface area contributed by atoms with E-state index < -0.39 is 0 Å². The minimum Gasteiger partial charge on any atom is -0.379 e. The van der Waals surface area contributed by atoms with Crippen LogP contribution in [0.3, 0.4) is 0 Å². The molecule has 0 amide bonds. The van der Waals surface area contributed by atoms with Crippen molar-refractivity contribution in [2.75, 3.05) is 13.7 Å². The van der Waals surface area contributed by atoms with Crippen LogP contribution in [-0.2, 0) is 9.47 Å². The molecule has 1 saturated heterocycles. The van der Waals surface area contributed by atoms with Gasteiger partial charge in [-0.3, -0.25) is 0 Å². The molecule has 2 unspecified atom stereocenters. The minimum absolute atomic E-state index is 0.295. The van der Waals surface area contributed by atoms with Crippen molar-refractivity contribution >= 4 is 0 Å². The highest BCUT2D eigenvalue weighted by atomic mass is 16.5. The topological polar surface area (TPSA) is 18.5 Å². The third-order valence-corrected chi connectivity index (χ3v) is 1.84. The summed E-state index contributed by atoms with van der Waals surface area (Å²) in [6.07, 6.45) is 2.92. The van der Waals surface area contributed by atoms with Gasteiger partial charge in [-0.15, -0.1) is 0 Å². The highest BCUT2D eigenvalue weighted by Gasteiger charge is 2.20. The Kier molecular flexibility index (Phi) is 2.49. The molecule has 0 radical (unpaired) electrons. The van der Waals surface area contributed by atoms with Crippen LogP contribution in [0.1, 0.15) is 19.8 Å². The number of ether oxygens (including phenoxy) is 2. The second kappa shape index (κ2) is 3.18. The third kappa shape index (κ3) is 1.66. The Morgan fingerprint density at radius 1 is 1.56 bits per heavy atom. The van der Waals surface area contributed by atoms with Crippen molar-refractivity contribution in [1.82, 2.24) is 0 Å². The molecule has 0 N–H and O–H groups in total. The zero-order chi connectivity index (χ0) is 6.69. The highest BCUT2D eigenvalue weighted by Crippen LogP contribution is 2.15. The van der Waals surface area contributed by atoms with E-state index in [1.807, 2.05) is 0 Å². The van der Waals surface area contributed by atoms with E-state index in [0.717, 1.165) is 19.4 Å². The highest BCUT2D eigenvalue weighted by molar-refractivity contribution is 4.69. The molecule has 0 aromatic carbocycles. The maximum absolute atomic E-state index is 5.36. The minimum atomic E-state index is 0.295. The molecule has 0 bridgehead atoms. The predicted octanol–water partition coefficient (Wildman–Crippen LogP) is 1.20. The van der Waals surface area contributed by atoms with E-state index in [9.17, 15) is 0 Å². The predicted molar refractivity (Wildman–Crippen MR) is 35.4 cm³/mol. The Morgan fingerprint density at radius 3 is 2.78 bits per heavy atom. The second-order valence-corrected chi connectivity index (χ2v) is 2.49. The third-order valence-electron chi connectivity index (χ3n) is 1.84. The largest absolute Gasteiger partial charge is 0.379 e.